The minimum Gasteiger partial charge on any atom is -0.336 e. The molecule has 1 saturated heterocycles. The van der Waals surface area contributed by atoms with E-state index in [-0.39, 0.29) is 12.1 Å². The first-order valence-corrected chi connectivity index (χ1v) is 8.47. The van der Waals surface area contributed by atoms with Crippen molar-refractivity contribution in [2.75, 3.05) is 19.6 Å². The maximum atomic E-state index is 12.1. The van der Waals surface area contributed by atoms with Crippen LogP contribution in [0.4, 0.5) is 4.79 Å². The molecule has 2 heterocycles. The predicted octanol–water partition coefficient (Wildman–Crippen LogP) is 1.70. The molecule has 128 valence electrons. The minimum absolute atomic E-state index is 0.0893. The lowest BCUT2D eigenvalue weighted by molar-refractivity contribution is 0.234. The fourth-order valence-corrected chi connectivity index (χ4v) is 3.16. The molecule has 1 aliphatic heterocycles. The Bertz CT molecular complexity index is 628. The van der Waals surface area contributed by atoms with Gasteiger partial charge < -0.3 is 15.2 Å². The number of carbonyl (C=O) groups is 1. The molecule has 1 aromatic heterocycles. The van der Waals surface area contributed by atoms with Gasteiger partial charge >= 0.3 is 6.03 Å². The van der Waals surface area contributed by atoms with Crippen molar-refractivity contribution < 1.29 is 4.79 Å². The van der Waals surface area contributed by atoms with Gasteiger partial charge in [0.05, 0.1) is 6.33 Å². The maximum absolute atomic E-state index is 12.1. The van der Waals surface area contributed by atoms with Crippen LogP contribution in [0.15, 0.2) is 49.1 Å². The van der Waals surface area contributed by atoms with Crippen molar-refractivity contribution in [3.05, 3.63) is 54.6 Å². The van der Waals surface area contributed by atoms with Crippen molar-refractivity contribution >= 4 is 6.03 Å². The second-order valence-corrected chi connectivity index (χ2v) is 6.46. The third kappa shape index (κ3) is 4.58. The van der Waals surface area contributed by atoms with Crippen molar-refractivity contribution in [2.45, 2.75) is 26.1 Å². The van der Waals surface area contributed by atoms with E-state index in [1.807, 2.05) is 16.8 Å². The molecule has 0 aliphatic carbocycles. The third-order valence-corrected chi connectivity index (χ3v) is 4.47. The molecular weight excluding hydrogens is 302 g/mol. The number of nitrogens with zero attached hydrogens (tertiary/aromatic N) is 3. The number of carbonyl (C=O) groups excluding carboxylic acids is 1. The van der Waals surface area contributed by atoms with Crippen LogP contribution in [-0.4, -0.2) is 46.2 Å². The van der Waals surface area contributed by atoms with Crippen LogP contribution in [0.3, 0.4) is 0 Å². The van der Waals surface area contributed by atoms with Crippen LogP contribution >= 0.6 is 0 Å². The molecular formula is C18H25N5O. The van der Waals surface area contributed by atoms with E-state index < -0.39 is 0 Å². The Kier molecular flexibility index (Phi) is 5.48. The van der Waals surface area contributed by atoms with Gasteiger partial charge in [0.2, 0.25) is 0 Å². The number of urea groups is 1. The molecule has 1 aromatic carbocycles. The number of imidazole rings is 1. The van der Waals surface area contributed by atoms with E-state index in [2.05, 4.69) is 51.7 Å². The third-order valence-electron chi connectivity index (χ3n) is 4.47. The van der Waals surface area contributed by atoms with Gasteiger partial charge in [-0.05, 0) is 11.5 Å². The SMILES string of the molecule is C[C@H]1CN(Cc2ccccc2)C[C@H]1NC(=O)NCCn1ccnc1. The molecule has 0 saturated carbocycles. The van der Waals surface area contributed by atoms with Crippen molar-refractivity contribution in [3.8, 4) is 0 Å². The van der Waals surface area contributed by atoms with E-state index in [9.17, 15) is 4.79 Å². The topological polar surface area (TPSA) is 62.2 Å². The number of benzene rings is 1. The summed E-state index contributed by atoms with van der Waals surface area (Å²) in [6, 6.07) is 10.6. The van der Waals surface area contributed by atoms with E-state index in [0.717, 1.165) is 26.2 Å². The fourth-order valence-electron chi connectivity index (χ4n) is 3.16. The molecule has 2 N–H and O–H groups in total. The Morgan fingerprint density at radius 1 is 1.29 bits per heavy atom. The quantitative estimate of drug-likeness (QED) is 0.849. The molecule has 0 bridgehead atoms. The summed E-state index contributed by atoms with van der Waals surface area (Å²) in [5.74, 6) is 0.452. The summed E-state index contributed by atoms with van der Waals surface area (Å²) in [6.45, 7) is 6.36. The largest absolute Gasteiger partial charge is 0.336 e. The van der Waals surface area contributed by atoms with Gasteiger partial charge in [0.15, 0.2) is 0 Å². The number of nitrogens with one attached hydrogen (secondary N) is 2. The number of amides is 2. The average Bonchev–Trinajstić information content (AvgIpc) is 3.19. The van der Waals surface area contributed by atoms with Crippen LogP contribution in [-0.2, 0) is 13.1 Å². The maximum Gasteiger partial charge on any atom is 0.315 e. The van der Waals surface area contributed by atoms with Crippen LogP contribution in [0.25, 0.3) is 0 Å². The lowest BCUT2D eigenvalue weighted by atomic mass is 10.1. The van der Waals surface area contributed by atoms with E-state index in [4.69, 9.17) is 0 Å². The number of likely N-dealkylation sites (tertiary alicyclic amines) is 1. The summed E-state index contributed by atoms with van der Waals surface area (Å²) in [4.78, 5) is 18.5. The zero-order valence-electron chi connectivity index (χ0n) is 14.1. The molecule has 0 radical (unpaired) electrons. The average molecular weight is 327 g/mol. The van der Waals surface area contributed by atoms with Crippen LogP contribution in [0.5, 0.6) is 0 Å². The fraction of sp³-hybridized carbons (Fsp3) is 0.444. The molecule has 2 aromatic rings. The van der Waals surface area contributed by atoms with Gasteiger partial charge in [0, 0.05) is 51.2 Å². The highest BCUT2D eigenvalue weighted by Crippen LogP contribution is 2.18. The Morgan fingerprint density at radius 2 is 2.12 bits per heavy atom. The van der Waals surface area contributed by atoms with Gasteiger partial charge in [0.1, 0.15) is 0 Å². The monoisotopic (exact) mass is 327 g/mol. The van der Waals surface area contributed by atoms with Gasteiger partial charge in [0.25, 0.3) is 0 Å². The second-order valence-electron chi connectivity index (χ2n) is 6.46. The van der Waals surface area contributed by atoms with E-state index in [1.54, 1.807) is 12.5 Å². The van der Waals surface area contributed by atoms with Crippen molar-refractivity contribution in [1.82, 2.24) is 25.1 Å². The van der Waals surface area contributed by atoms with Crippen molar-refractivity contribution in [1.29, 1.82) is 0 Å². The minimum atomic E-state index is -0.0893. The van der Waals surface area contributed by atoms with E-state index in [0.29, 0.717) is 12.5 Å². The summed E-state index contributed by atoms with van der Waals surface area (Å²) >= 11 is 0. The summed E-state index contributed by atoms with van der Waals surface area (Å²) in [7, 11) is 0. The Hall–Kier alpha value is -2.34. The first kappa shape index (κ1) is 16.5. The van der Waals surface area contributed by atoms with Gasteiger partial charge in [-0.15, -0.1) is 0 Å². The van der Waals surface area contributed by atoms with Gasteiger partial charge in [-0.25, -0.2) is 9.78 Å². The summed E-state index contributed by atoms with van der Waals surface area (Å²) < 4.78 is 1.94. The van der Waals surface area contributed by atoms with Crippen molar-refractivity contribution in [2.24, 2.45) is 5.92 Å². The molecule has 1 aliphatic rings. The summed E-state index contributed by atoms with van der Waals surface area (Å²) in [5.41, 5.74) is 1.31. The summed E-state index contributed by atoms with van der Waals surface area (Å²) in [6.07, 6.45) is 5.38. The highest BCUT2D eigenvalue weighted by Gasteiger charge is 2.30. The smallest absolute Gasteiger partial charge is 0.315 e. The first-order valence-electron chi connectivity index (χ1n) is 8.47. The molecule has 1 fully saturated rings. The number of rotatable bonds is 6. The lowest BCUT2D eigenvalue weighted by Gasteiger charge is -2.18. The van der Waals surface area contributed by atoms with E-state index in [1.165, 1.54) is 5.56 Å². The molecule has 0 spiro atoms. The van der Waals surface area contributed by atoms with Crippen LogP contribution in [0.2, 0.25) is 0 Å². The molecule has 6 heteroatoms. The van der Waals surface area contributed by atoms with Gasteiger partial charge in [-0.3, -0.25) is 4.90 Å². The lowest BCUT2D eigenvalue weighted by Crippen LogP contribution is -2.46. The molecule has 6 nitrogen and oxygen atoms in total. The molecule has 2 atom stereocenters. The van der Waals surface area contributed by atoms with Gasteiger partial charge in [-0.1, -0.05) is 37.3 Å². The first-order chi connectivity index (χ1) is 11.7. The van der Waals surface area contributed by atoms with E-state index >= 15 is 0 Å². The Morgan fingerprint density at radius 3 is 2.88 bits per heavy atom. The van der Waals surface area contributed by atoms with Crippen LogP contribution in [0, 0.1) is 5.92 Å². The molecule has 0 unspecified atom stereocenters. The van der Waals surface area contributed by atoms with Crippen LogP contribution in [0.1, 0.15) is 12.5 Å². The normalized spacial score (nSPS) is 20.9. The second kappa shape index (κ2) is 7.97. The molecule has 3 rings (SSSR count). The highest BCUT2D eigenvalue weighted by atomic mass is 16.2. The molecule has 24 heavy (non-hydrogen) atoms. The molecule has 2 amide bonds. The van der Waals surface area contributed by atoms with Crippen LogP contribution < -0.4 is 10.6 Å². The Labute approximate surface area is 142 Å². The standard InChI is InChI=1S/C18H25N5O/c1-15-11-23(12-16-5-3-2-4-6-16)13-17(15)21-18(24)20-8-10-22-9-7-19-14-22/h2-7,9,14-15,17H,8,10-13H2,1H3,(H2,20,21,24)/t15-,17+/m0/s1. The zero-order chi connectivity index (χ0) is 16.8. The number of hydrogen-bond acceptors (Lipinski definition) is 3. The van der Waals surface area contributed by atoms with Gasteiger partial charge in [-0.2, -0.15) is 0 Å². The van der Waals surface area contributed by atoms with Crippen molar-refractivity contribution in [3.63, 3.8) is 0 Å². The highest BCUT2D eigenvalue weighted by molar-refractivity contribution is 5.74. The number of aromatic nitrogens is 2. The summed E-state index contributed by atoms with van der Waals surface area (Å²) in [5, 5.41) is 6.02. The number of hydrogen-bond donors (Lipinski definition) is 2. The zero-order valence-corrected chi connectivity index (χ0v) is 14.1. The predicted molar refractivity (Wildman–Crippen MR) is 93.4 cm³/mol. The Balaban J connectivity index is 1.41.